The molecule has 0 spiro atoms. The van der Waals surface area contributed by atoms with Crippen LogP contribution in [-0.2, 0) is 25.4 Å². The summed E-state index contributed by atoms with van der Waals surface area (Å²) in [6, 6.07) is 21.1. The van der Waals surface area contributed by atoms with E-state index in [9.17, 15) is 0 Å². The molecule has 0 aromatic heterocycles. The molecule has 0 amide bonds. The van der Waals surface area contributed by atoms with Crippen LogP contribution in [0.2, 0.25) is 0 Å². The summed E-state index contributed by atoms with van der Waals surface area (Å²) in [7, 11) is 5.97. The molecule has 2 aromatic carbocycles. The lowest BCUT2D eigenvalue weighted by Crippen LogP contribution is -2.25. The van der Waals surface area contributed by atoms with Gasteiger partial charge in [-0.15, -0.1) is 0 Å². The fraction of sp³-hybridized carbons (Fsp3) is 0.600. The third-order valence-corrected chi connectivity index (χ3v) is 5.39. The van der Waals surface area contributed by atoms with Crippen LogP contribution in [0.25, 0.3) is 0 Å². The molecule has 1 atom stereocenters. The molecular formula is C30H50N2O4. The lowest BCUT2D eigenvalue weighted by atomic mass is 10.1. The highest BCUT2D eigenvalue weighted by molar-refractivity contribution is 5.25. The van der Waals surface area contributed by atoms with Crippen molar-refractivity contribution in [1.82, 2.24) is 9.80 Å². The zero-order chi connectivity index (χ0) is 26.3. The van der Waals surface area contributed by atoms with Crippen LogP contribution >= 0.6 is 0 Å². The van der Waals surface area contributed by atoms with Crippen molar-refractivity contribution in [1.29, 1.82) is 0 Å². The normalized spacial score (nSPS) is 16.1. The Balaban J connectivity index is 0.000000251. The molecule has 2 aromatic rings. The SMILES string of the molecule is C1CO1.C1CO1.CCN(C)CC.COCCCN(C)CC1CO1.c1ccc(Cc2ccccc2)cc1. The van der Waals surface area contributed by atoms with Crippen LogP contribution in [0.5, 0.6) is 0 Å². The summed E-state index contributed by atoms with van der Waals surface area (Å²) >= 11 is 0. The van der Waals surface area contributed by atoms with Gasteiger partial charge in [-0.25, -0.2) is 0 Å². The number of rotatable bonds is 10. The van der Waals surface area contributed by atoms with E-state index in [2.05, 4.69) is 108 Å². The quantitative estimate of drug-likeness (QED) is 0.349. The van der Waals surface area contributed by atoms with E-state index in [1.54, 1.807) is 7.11 Å². The molecule has 3 aliphatic heterocycles. The van der Waals surface area contributed by atoms with E-state index in [4.69, 9.17) is 9.47 Å². The maximum atomic E-state index is 5.11. The minimum Gasteiger partial charge on any atom is -0.385 e. The lowest BCUT2D eigenvalue weighted by molar-refractivity contribution is 0.176. The van der Waals surface area contributed by atoms with Gasteiger partial charge in [0.1, 0.15) is 0 Å². The highest BCUT2D eigenvalue weighted by Crippen LogP contribution is 2.09. The van der Waals surface area contributed by atoms with E-state index in [1.807, 2.05) is 0 Å². The topological polar surface area (TPSA) is 53.3 Å². The van der Waals surface area contributed by atoms with E-state index in [0.29, 0.717) is 6.10 Å². The molecule has 6 nitrogen and oxygen atoms in total. The van der Waals surface area contributed by atoms with E-state index in [0.717, 1.165) is 78.7 Å². The first-order valence-electron chi connectivity index (χ1n) is 13.3. The average molecular weight is 503 g/mol. The van der Waals surface area contributed by atoms with Crippen molar-refractivity contribution in [3.63, 3.8) is 0 Å². The number of nitrogens with zero attached hydrogens (tertiary/aromatic N) is 2. The Morgan fingerprint density at radius 2 is 1.22 bits per heavy atom. The van der Waals surface area contributed by atoms with Crippen molar-refractivity contribution in [2.24, 2.45) is 0 Å². The molecule has 3 fully saturated rings. The molecule has 0 N–H and O–H groups in total. The minimum atomic E-state index is 0.516. The number of methoxy groups -OCH3 is 1. The summed E-state index contributed by atoms with van der Waals surface area (Å²) in [5, 5.41) is 0. The van der Waals surface area contributed by atoms with Crippen molar-refractivity contribution in [3.05, 3.63) is 71.8 Å². The number of epoxide rings is 3. The van der Waals surface area contributed by atoms with Gasteiger partial charge in [0.15, 0.2) is 0 Å². The van der Waals surface area contributed by atoms with Crippen LogP contribution in [0.15, 0.2) is 60.7 Å². The van der Waals surface area contributed by atoms with Gasteiger partial charge in [-0.2, -0.15) is 0 Å². The molecule has 0 aliphatic carbocycles. The first-order valence-corrected chi connectivity index (χ1v) is 13.3. The molecule has 0 saturated carbocycles. The second-order valence-corrected chi connectivity index (χ2v) is 8.93. The number of benzene rings is 2. The van der Waals surface area contributed by atoms with Crippen LogP contribution in [0, 0.1) is 0 Å². The van der Waals surface area contributed by atoms with E-state index in [-0.39, 0.29) is 0 Å². The van der Waals surface area contributed by atoms with Gasteiger partial charge in [0, 0.05) is 26.8 Å². The van der Waals surface area contributed by atoms with Gasteiger partial charge in [-0.3, -0.25) is 0 Å². The van der Waals surface area contributed by atoms with Crippen molar-refractivity contribution >= 4 is 0 Å². The number of likely N-dealkylation sites (N-methyl/N-ethyl adjacent to an activating group) is 1. The molecule has 3 aliphatic rings. The van der Waals surface area contributed by atoms with E-state index >= 15 is 0 Å². The Kier molecular flexibility index (Phi) is 20.1. The van der Waals surface area contributed by atoms with Crippen molar-refractivity contribution in [2.45, 2.75) is 32.8 Å². The predicted molar refractivity (Wildman–Crippen MR) is 150 cm³/mol. The summed E-state index contributed by atoms with van der Waals surface area (Å²) in [5.74, 6) is 0. The Bertz CT molecular complexity index is 656. The van der Waals surface area contributed by atoms with Crippen molar-refractivity contribution in [3.8, 4) is 0 Å². The first-order chi connectivity index (χ1) is 17.6. The zero-order valence-electron chi connectivity index (χ0n) is 23.4. The summed E-state index contributed by atoms with van der Waals surface area (Å²) in [4.78, 5) is 4.54. The summed E-state index contributed by atoms with van der Waals surface area (Å²) < 4.78 is 19.1. The van der Waals surface area contributed by atoms with Crippen LogP contribution in [0.4, 0.5) is 0 Å². The molecule has 1 unspecified atom stereocenters. The number of hydrogen-bond donors (Lipinski definition) is 0. The fourth-order valence-corrected chi connectivity index (χ4v) is 2.74. The third-order valence-electron chi connectivity index (χ3n) is 5.39. The Morgan fingerprint density at radius 1 is 0.778 bits per heavy atom. The van der Waals surface area contributed by atoms with Gasteiger partial charge >= 0.3 is 0 Å². The Labute approximate surface area is 220 Å². The van der Waals surface area contributed by atoms with Gasteiger partial charge in [-0.1, -0.05) is 74.5 Å². The summed E-state index contributed by atoms with van der Waals surface area (Å²) in [6.45, 7) is 14.6. The van der Waals surface area contributed by atoms with Gasteiger partial charge < -0.3 is 28.7 Å². The van der Waals surface area contributed by atoms with Crippen molar-refractivity contribution < 1.29 is 18.9 Å². The number of hydrogen-bond acceptors (Lipinski definition) is 6. The molecule has 5 rings (SSSR count). The van der Waals surface area contributed by atoms with Crippen LogP contribution in [0.1, 0.15) is 31.4 Å². The zero-order valence-corrected chi connectivity index (χ0v) is 23.4. The Morgan fingerprint density at radius 3 is 1.53 bits per heavy atom. The molecular weight excluding hydrogens is 452 g/mol. The fourth-order valence-electron chi connectivity index (χ4n) is 2.74. The van der Waals surface area contributed by atoms with Gasteiger partial charge in [0.25, 0.3) is 0 Å². The minimum absolute atomic E-state index is 0.516. The molecule has 36 heavy (non-hydrogen) atoms. The largest absolute Gasteiger partial charge is 0.385 e. The third kappa shape index (κ3) is 23.9. The second kappa shape index (κ2) is 22.4. The van der Waals surface area contributed by atoms with Crippen LogP contribution in [-0.4, -0.2) is 103 Å². The van der Waals surface area contributed by atoms with E-state index in [1.165, 1.54) is 11.1 Å². The maximum Gasteiger partial charge on any atom is 0.0936 e. The monoisotopic (exact) mass is 502 g/mol. The second-order valence-electron chi connectivity index (χ2n) is 8.93. The first kappa shape index (κ1) is 32.2. The predicted octanol–water partition coefficient (Wildman–Crippen LogP) is 4.62. The highest BCUT2D eigenvalue weighted by atomic mass is 16.6. The van der Waals surface area contributed by atoms with Crippen LogP contribution < -0.4 is 0 Å². The molecule has 204 valence electrons. The summed E-state index contributed by atoms with van der Waals surface area (Å²) in [6.07, 6.45) is 2.66. The highest BCUT2D eigenvalue weighted by Gasteiger charge is 2.23. The van der Waals surface area contributed by atoms with Gasteiger partial charge in [-0.05, 0) is 51.2 Å². The molecule has 3 heterocycles. The molecule has 0 radical (unpaired) electrons. The lowest BCUT2D eigenvalue weighted by Gasteiger charge is -2.13. The standard InChI is InChI=1S/C13H12.C8H17NO2.C5H13N.2C2H4O/c1-3-7-12(8-4-1)11-13-9-5-2-6-10-13;1-9(4-3-5-10-2)6-8-7-11-8;1-4-6(3)5-2;2*1-2-3-1/h1-10H,11H2;8H,3-7H2,1-2H3;4-5H2,1-3H3;2*1-2H2. The number of ether oxygens (including phenoxy) is 4. The summed E-state index contributed by atoms with van der Waals surface area (Å²) in [5.41, 5.74) is 2.74. The van der Waals surface area contributed by atoms with Crippen molar-refractivity contribution in [2.75, 3.05) is 87.0 Å². The average Bonchev–Trinajstić information content (AvgIpc) is 3.76. The van der Waals surface area contributed by atoms with Gasteiger partial charge in [0.05, 0.1) is 39.1 Å². The van der Waals surface area contributed by atoms with Gasteiger partial charge in [0.2, 0.25) is 0 Å². The molecule has 0 bridgehead atoms. The molecule has 6 heteroatoms. The van der Waals surface area contributed by atoms with E-state index < -0.39 is 0 Å². The smallest absolute Gasteiger partial charge is 0.0936 e. The maximum absolute atomic E-state index is 5.11. The van der Waals surface area contributed by atoms with Crippen LogP contribution in [0.3, 0.4) is 0 Å². The Hall–Kier alpha value is -1.80. The molecule has 3 saturated heterocycles.